The Morgan fingerprint density at radius 3 is 2.62 bits per heavy atom. The summed E-state index contributed by atoms with van der Waals surface area (Å²) in [6.45, 7) is 4.42. The molecule has 1 aromatic rings. The topological polar surface area (TPSA) is 29.0 Å². The third-order valence-corrected chi connectivity index (χ3v) is 2.49. The molecule has 1 aromatic heterocycles. The predicted octanol–water partition coefficient (Wildman–Crippen LogP) is 1.64. The second kappa shape index (κ2) is 3.73. The average Bonchev–Trinajstić information content (AvgIpc) is 2.70. The van der Waals surface area contributed by atoms with Gasteiger partial charge in [-0.1, -0.05) is 6.92 Å². The van der Waals surface area contributed by atoms with Crippen molar-refractivity contribution in [2.75, 3.05) is 18.0 Å². The van der Waals surface area contributed by atoms with Crippen molar-refractivity contribution in [3.8, 4) is 0 Å². The first-order valence-corrected chi connectivity index (χ1v) is 4.96. The van der Waals surface area contributed by atoms with Gasteiger partial charge in [-0.3, -0.25) is 4.98 Å². The maximum Gasteiger partial charge on any atom is 0.150 e. The summed E-state index contributed by atoms with van der Waals surface area (Å²) in [5.41, 5.74) is 1.13. The first kappa shape index (κ1) is 8.48. The van der Waals surface area contributed by atoms with Crippen molar-refractivity contribution in [3.63, 3.8) is 0 Å². The van der Waals surface area contributed by atoms with Gasteiger partial charge in [-0.15, -0.1) is 0 Å². The van der Waals surface area contributed by atoms with Crippen LogP contribution in [0.5, 0.6) is 0 Å². The Morgan fingerprint density at radius 1 is 1.23 bits per heavy atom. The van der Waals surface area contributed by atoms with E-state index in [0.29, 0.717) is 0 Å². The molecule has 3 heteroatoms. The highest BCUT2D eigenvalue weighted by Gasteiger charge is 2.16. The molecule has 0 spiro atoms. The molecule has 0 N–H and O–H groups in total. The van der Waals surface area contributed by atoms with E-state index in [0.717, 1.165) is 31.0 Å². The van der Waals surface area contributed by atoms with Gasteiger partial charge in [-0.25, -0.2) is 4.98 Å². The summed E-state index contributed by atoms with van der Waals surface area (Å²) in [6.07, 6.45) is 7.12. The van der Waals surface area contributed by atoms with E-state index in [4.69, 9.17) is 0 Å². The lowest BCUT2D eigenvalue weighted by molar-refractivity contribution is 0.885. The second-order valence-corrected chi connectivity index (χ2v) is 3.37. The summed E-state index contributed by atoms with van der Waals surface area (Å²) in [6, 6.07) is 0. The lowest BCUT2D eigenvalue weighted by atomic mass is 10.3. The van der Waals surface area contributed by atoms with Crippen LogP contribution in [0, 0.1) is 0 Å². The summed E-state index contributed by atoms with van der Waals surface area (Å²) in [5, 5.41) is 0. The lowest BCUT2D eigenvalue weighted by Crippen LogP contribution is -2.21. The van der Waals surface area contributed by atoms with E-state index in [1.807, 2.05) is 0 Å². The van der Waals surface area contributed by atoms with Crippen LogP contribution in [-0.2, 0) is 6.42 Å². The highest BCUT2D eigenvalue weighted by molar-refractivity contribution is 5.43. The van der Waals surface area contributed by atoms with Crippen molar-refractivity contribution in [2.24, 2.45) is 0 Å². The molecule has 0 aliphatic carbocycles. The number of nitrogens with zero attached hydrogens (tertiary/aromatic N) is 3. The van der Waals surface area contributed by atoms with E-state index < -0.39 is 0 Å². The maximum atomic E-state index is 4.39. The van der Waals surface area contributed by atoms with Crippen LogP contribution in [0.1, 0.15) is 25.5 Å². The van der Waals surface area contributed by atoms with E-state index >= 15 is 0 Å². The summed E-state index contributed by atoms with van der Waals surface area (Å²) in [7, 11) is 0. The van der Waals surface area contributed by atoms with Crippen molar-refractivity contribution in [1.29, 1.82) is 0 Å². The van der Waals surface area contributed by atoms with Crippen LogP contribution in [0.15, 0.2) is 12.4 Å². The maximum absolute atomic E-state index is 4.39. The Kier molecular flexibility index (Phi) is 2.43. The minimum absolute atomic E-state index is 0.972. The smallest absolute Gasteiger partial charge is 0.150 e. The molecule has 70 valence electrons. The molecule has 1 saturated heterocycles. The molecule has 0 amide bonds. The fourth-order valence-corrected chi connectivity index (χ4v) is 1.80. The molecule has 1 aliphatic heterocycles. The Hall–Kier alpha value is -1.12. The van der Waals surface area contributed by atoms with E-state index in [-0.39, 0.29) is 0 Å². The first-order valence-electron chi connectivity index (χ1n) is 4.96. The van der Waals surface area contributed by atoms with Crippen LogP contribution in [0.25, 0.3) is 0 Å². The number of anilines is 1. The van der Waals surface area contributed by atoms with Gasteiger partial charge in [0.15, 0.2) is 0 Å². The van der Waals surface area contributed by atoms with Gasteiger partial charge in [0.25, 0.3) is 0 Å². The number of hydrogen-bond donors (Lipinski definition) is 0. The van der Waals surface area contributed by atoms with E-state index in [1.165, 1.54) is 12.8 Å². The van der Waals surface area contributed by atoms with Gasteiger partial charge in [0.2, 0.25) is 0 Å². The van der Waals surface area contributed by atoms with Crippen molar-refractivity contribution in [1.82, 2.24) is 9.97 Å². The first-order chi connectivity index (χ1) is 6.42. The minimum atomic E-state index is 0.972. The van der Waals surface area contributed by atoms with Gasteiger partial charge in [-0.05, 0) is 19.3 Å². The van der Waals surface area contributed by atoms with Crippen molar-refractivity contribution < 1.29 is 0 Å². The van der Waals surface area contributed by atoms with Crippen molar-refractivity contribution in [3.05, 3.63) is 18.1 Å². The van der Waals surface area contributed by atoms with Gasteiger partial charge < -0.3 is 4.90 Å². The highest BCUT2D eigenvalue weighted by Crippen LogP contribution is 2.20. The van der Waals surface area contributed by atoms with Crippen LogP contribution in [0.2, 0.25) is 0 Å². The molecular weight excluding hydrogens is 162 g/mol. The average molecular weight is 177 g/mol. The zero-order valence-corrected chi connectivity index (χ0v) is 8.03. The lowest BCUT2D eigenvalue weighted by Gasteiger charge is -2.18. The molecular formula is C10H15N3. The number of rotatable bonds is 2. The molecule has 2 rings (SSSR count). The van der Waals surface area contributed by atoms with E-state index in [9.17, 15) is 0 Å². The van der Waals surface area contributed by atoms with Gasteiger partial charge in [0.1, 0.15) is 5.82 Å². The molecule has 3 nitrogen and oxygen atoms in total. The monoisotopic (exact) mass is 177 g/mol. The zero-order valence-electron chi connectivity index (χ0n) is 8.03. The second-order valence-electron chi connectivity index (χ2n) is 3.37. The summed E-state index contributed by atoms with van der Waals surface area (Å²) >= 11 is 0. The molecule has 0 unspecified atom stereocenters. The normalized spacial score (nSPS) is 16.5. The Labute approximate surface area is 78.8 Å². The van der Waals surface area contributed by atoms with Crippen LogP contribution < -0.4 is 4.90 Å². The quantitative estimate of drug-likeness (QED) is 0.687. The summed E-state index contributed by atoms with van der Waals surface area (Å²) < 4.78 is 0. The Balaban J connectivity index is 2.26. The standard InChI is InChI=1S/C10H15N3/c1-2-9-10(12-6-5-11-9)13-7-3-4-8-13/h5-6H,2-4,7-8H2,1H3. The minimum Gasteiger partial charge on any atom is -0.355 e. The Morgan fingerprint density at radius 2 is 1.92 bits per heavy atom. The number of hydrogen-bond acceptors (Lipinski definition) is 3. The van der Waals surface area contributed by atoms with Crippen molar-refractivity contribution in [2.45, 2.75) is 26.2 Å². The zero-order chi connectivity index (χ0) is 9.10. The van der Waals surface area contributed by atoms with Crippen molar-refractivity contribution >= 4 is 5.82 Å². The van der Waals surface area contributed by atoms with Crippen LogP contribution in [0.4, 0.5) is 5.82 Å². The molecule has 0 radical (unpaired) electrons. The molecule has 2 heterocycles. The predicted molar refractivity (Wildman–Crippen MR) is 52.9 cm³/mol. The van der Waals surface area contributed by atoms with Crippen LogP contribution in [-0.4, -0.2) is 23.1 Å². The largest absolute Gasteiger partial charge is 0.355 e. The van der Waals surface area contributed by atoms with Gasteiger partial charge in [0.05, 0.1) is 5.69 Å². The van der Waals surface area contributed by atoms with Crippen LogP contribution in [0.3, 0.4) is 0 Å². The van der Waals surface area contributed by atoms with Gasteiger partial charge in [0, 0.05) is 25.5 Å². The molecule has 0 aromatic carbocycles. The third-order valence-electron chi connectivity index (χ3n) is 2.49. The SMILES string of the molecule is CCc1nccnc1N1CCCC1. The van der Waals surface area contributed by atoms with Gasteiger partial charge in [-0.2, -0.15) is 0 Å². The molecule has 1 fully saturated rings. The molecule has 1 aliphatic rings. The van der Waals surface area contributed by atoms with E-state index in [1.54, 1.807) is 12.4 Å². The highest BCUT2D eigenvalue weighted by atomic mass is 15.2. The summed E-state index contributed by atoms with van der Waals surface area (Å²) in [4.78, 5) is 11.1. The molecule has 0 saturated carbocycles. The molecule has 0 atom stereocenters. The fraction of sp³-hybridized carbons (Fsp3) is 0.600. The van der Waals surface area contributed by atoms with Gasteiger partial charge >= 0.3 is 0 Å². The summed E-state index contributed by atoms with van der Waals surface area (Å²) in [5.74, 6) is 1.10. The van der Waals surface area contributed by atoms with E-state index in [2.05, 4.69) is 21.8 Å². The molecule has 0 bridgehead atoms. The third kappa shape index (κ3) is 1.64. The van der Waals surface area contributed by atoms with Crippen LogP contribution >= 0.6 is 0 Å². The molecule has 13 heavy (non-hydrogen) atoms. The Bertz CT molecular complexity index is 279. The fourth-order valence-electron chi connectivity index (χ4n) is 1.80. The number of aromatic nitrogens is 2. The number of aryl methyl sites for hydroxylation is 1.